The van der Waals surface area contributed by atoms with E-state index in [-0.39, 0.29) is 33.2 Å². The van der Waals surface area contributed by atoms with Gasteiger partial charge >= 0.3 is 10.1 Å². The predicted molar refractivity (Wildman–Crippen MR) is 162 cm³/mol. The van der Waals surface area contributed by atoms with Crippen molar-refractivity contribution in [2.75, 3.05) is 7.11 Å². The van der Waals surface area contributed by atoms with Crippen LogP contribution in [0.4, 0.5) is 5.69 Å². The van der Waals surface area contributed by atoms with Gasteiger partial charge in [-0.3, -0.25) is 14.9 Å². The van der Waals surface area contributed by atoms with Crippen molar-refractivity contribution in [1.29, 1.82) is 0 Å². The van der Waals surface area contributed by atoms with E-state index in [1.807, 2.05) is 20.8 Å². The van der Waals surface area contributed by atoms with Crippen LogP contribution in [0.2, 0.25) is 0 Å². The number of nitro groups is 1. The molecule has 3 aromatic carbocycles. The van der Waals surface area contributed by atoms with Gasteiger partial charge in [-0.15, -0.1) is 0 Å². The maximum Gasteiger partial charge on any atom is 0.339 e. The molecule has 0 bridgehead atoms. The number of hydrazone groups is 1. The highest BCUT2D eigenvalue weighted by molar-refractivity contribution is 9.10. The second-order valence-corrected chi connectivity index (χ2v) is 13.8. The molecule has 0 aliphatic heterocycles. The van der Waals surface area contributed by atoms with Gasteiger partial charge in [-0.2, -0.15) is 18.2 Å². The summed E-state index contributed by atoms with van der Waals surface area (Å²) in [4.78, 5) is 22.8. The van der Waals surface area contributed by atoms with E-state index in [1.165, 1.54) is 43.7 Å². The molecule has 0 unspecified atom stereocenters. The number of nitrogens with zero attached hydrogens (tertiary/aromatic N) is 2. The zero-order valence-corrected chi connectivity index (χ0v) is 26.7. The van der Waals surface area contributed by atoms with Gasteiger partial charge in [0.05, 0.1) is 27.6 Å². The Morgan fingerprint density at radius 3 is 2.35 bits per heavy atom. The van der Waals surface area contributed by atoms with Crippen LogP contribution < -0.4 is 19.1 Å². The number of halogens is 1. The van der Waals surface area contributed by atoms with E-state index in [2.05, 4.69) is 31.2 Å². The third kappa shape index (κ3) is 9.06. The number of rotatable bonds is 13. The normalized spacial score (nSPS) is 12.7. The van der Waals surface area contributed by atoms with Gasteiger partial charge < -0.3 is 8.92 Å². The highest BCUT2D eigenvalue weighted by Crippen LogP contribution is 2.38. The summed E-state index contributed by atoms with van der Waals surface area (Å²) in [5.74, 6) is -0.960. The first-order chi connectivity index (χ1) is 20.1. The number of nitro benzene ring substituents is 1. The van der Waals surface area contributed by atoms with Crippen LogP contribution in [-0.4, -0.2) is 47.0 Å². The Morgan fingerprint density at radius 1 is 1.07 bits per heavy atom. The first kappa shape index (κ1) is 33.6. The fourth-order valence-electron chi connectivity index (χ4n) is 3.71. The monoisotopic (exact) mass is 696 g/mol. The zero-order valence-electron chi connectivity index (χ0n) is 23.5. The molecule has 0 spiro atoms. The van der Waals surface area contributed by atoms with Crippen LogP contribution in [0.1, 0.15) is 31.4 Å². The van der Waals surface area contributed by atoms with Crippen molar-refractivity contribution in [1.82, 2.24) is 10.1 Å². The summed E-state index contributed by atoms with van der Waals surface area (Å²) in [5.41, 5.74) is 3.14. The van der Waals surface area contributed by atoms with Crippen molar-refractivity contribution in [3.63, 3.8) is 0 Å². The Kier molecular flexibility index (Phi) is 11.0. The van der Waals surface area contributed by atoms with E-state index in [9.17, 15) is 31.7 Å². The highest BCUT2D eigenvalue weighted by Gasteiger charge is 2.27. The first-order valence-corrected chi connectivity index (χ1v) is 16.3. The lowest BCUT2D eigenvalue weighted by atomic mass is 10.0. The average molecular weight is 698 g/mol. The van der Waals surface area contributed by atoms with Crippen LogP contribution in [0.25, 0.3) is 0 Å². The summed E-state index contributed by atoms with van der Waals surface area (Å²) in [7, 11) is -7.20. The molecule has 0 aliphatic carbocycles. The fourth-order valence-corrected chi connectivity index (χ4v) is 6.56. The Balaban J connectivity index is 1.78. The van der Waals surface area contributed by atoms with Crippen LogP contribution >= 0.6 is 15.9 Å². The van der Waals surface area contributed by atoms with Gasteiger partial charge in [0.1, 0.15) is 10.9 Å². The third-order valence-corrected chi connectivity index (χ3v) is 9.10. The van der Waals surface area contributed by atoms with E-state index in [0.717, 1.165) is 23.8 Å². The molecule has 3 aromatic rings. The molecule has 13 nitrogen and oxygen atoms in total. The summed E-state index contributed by atoms with van der Waals surface area (Å²) >= 11 is 3.23. The van der Waals surface area contributed by atoms with E-state index >= 15 is 0 Å². The largest absolute Gasteiger partial charge is 0.493 e. The van der Waals surface area contributed by atoms with Gasteiger partial charge in [0.2, 0.25) is 10.0 Å². The van der Waals surface area contributed by atoms with Crippen LogP contribution in [0.15, 0.2) is 80.0 Å². The van der Waals surface area contributed by atoms with Crippen molar-refractivity contribution < 1.29 is 35.5 Å². The number of methoxy groups -OCH3 is 1. The Bertz CT molecular complexity index is 1740. The molecule has 1 atom stereocenters. The number of non-ortho nitro benzene ring substituents is 1. The molecule has 0 saturated carbocycles. The summed E-state index contributed by atoms with van der Waals surface area (Å²) < 4.78 is 64.5. The smallest absolute Gasteiger partial charge is 0.339 e. The van der Waals surface area contributed by atoms with Crippen molar-refractivity contribution >= 4 is 53.9 Å². The minimum absolute atomic E-state index is 0.0217. The third-order valence-electron chi connectivity index (χ3n) is 5.80. The number of nitrogens with one attached hydrogen (secondary N) is 2. The molecule has 0 saturated heterocycles. The maximum absolute atomic E-state index is 12.9. The molecular weight excluding hydrogens is 668 g/mol. The van der Waals surface area contributed by atoms with Crippen molar-refractivity contribution in [3.05, 3.63) is 86.4 Å². The minimum Gasteiger partial charge on any atom is -0.493 e. The Morgan fingerprint density at radius 2 is 1.74 bits per heavy atom. The highest BCUT2D eigenvalue weighted by atomic mass is 79.9. The number of amides is 1. The van der Waals surface area contributed by atoms with Crippen molar-refractivity contribution in [3.8, 4) is 11.5 Å². The molecule has 0 aliphatic rings. The Labute approximate surface area is 257 Å². The summed E-state index contributed by atoms with van der Waals surface area (Å²) in [5, 5.41) is 15.0. The van der Waals surface area contributed by atoms with Gasteiger partial charge in [0.15, 0.2) is 11.5 Å². The number of carbonyl (C=O) groups excluding carboxylic acids is 1. The SMILES string of the molecule is COc1cc(/C=N\NC(=O)[C@@H](CC(C)C)NS(=O)(=O)c2ccc(C)cc2)cc(Br)c1OS(=O)(=O)c1cccc([N+](=O)[O-])c1. The second kappa shape index (κ2) is 14.1. The number of benzene rings is 3. The number of sulfonamides is 1. The molecule has 230 valence electrons. The Hall–Kier alpha value is -3.86. The molecule has 2 N–H and O–H groups in total. The number of carbonyl (C=O) groups is 1. The molecule has 3 rings (SSSR count). The van der Waals surface area contributed by atoms with Gasteiger partial charge in [-0.25, -0.2) is 13.8 Å². The average Bonchev–Trinajstić information content (AvgIpc) is 2.93. The topological polar surface area (TPSA) is 183 Å². The van der Waals surface area contributed by atoms with E-state index in [0.29, 0.717) is 5.56 Å². The molecule has 1 amide bonds. The van der Waals surface area contributed by atoms with E-state index < -0.39 is 47.6 Å². The van der Waals surface area contributed by atoms with E-state index in [1.54, 1.807) is 12.1 Å². The lowest BCUT2D eigenvalue weighted by molar-refractivity contribution is -0.385. The molecule has 43 heavy (non-hydrogen) atoms. The lowest BCUT2D eigenvalue weighted by Crippen LogP contribution is -2.46. The van der Waals surface area contributed by atoms with Crippen LogP contribution in [0.5, 0.6) is 11.5 Å². The molecule has 0 fully saturated rings. The number of hydrogen-bond donors (Lipinski definition) is 2. The van der Waals surface area contributed by atoms with Crippen molar-refractivity contribution in [2.24, 2.45) is 11.0 Å². The second-order valence-electron chi connectivity index (χ2n) is 9.68. The van der Waals surface area contributed by atoms with Crippen LogP contribution in [-0.2, 0) is 24.9 Å². The van der Waals surface area contributed by atoms with Gasteiger partial charge in [0, 0.05) is 12.1 Å². The molecule has 16 heteroatoms. The van der Waals surface area contributed by atoms with Crippen molar-refractivity contribution in [2.45, 2.75) is 43.0 Å². The summed E-state index contributed by atoms with van der Waals surface area (Å²) in [6, 6.07) is 12.3. The predicted octanol–water partition coefficient (Wildman–Crippen LogP) is 4.29. The van der Waals surface area contributed by atoms with Gasteiger partial charge in [-0.05, 0) is 71.1 Å². The van der Waals surface area contributed by atoms with Gasteiger partial charge in [-0.1, -0.05) is 37.6 Å². The maximum atomic E-state index is 12.9. The first-order valence-electron chi connectivity index (χ1n) is 12.6. The summed E-state index contributed by atoms with van der Waals surface area (Å²) in [6.07, 6.45) is 1.45. The molecule has 0 heterocycles. The molecule has 0 aromatic heterocycles. The zero-order chi connectivity index (χ0) is 31.9. The van der Waals surface area contributed by atoms with Crippen LogP contribution in [0, 0.1) is 23.0 Å². The number of ether oxygens (including phenoxy) is 1. The number of hydrogen-bond acceptors (Lipinski definition) is 10. The minimum atomic E-state index is -4.48. The number of aryl methyl sites for hydroxylation is 1. The fraction of sp³-hybridized carbons (Fsp3) is 0.259. The van der Waals surface area contributed by atoms with E-state index in [4.69, 9.17) is 8.92 Å². The van der Waals surface area contributed by atoms with Gasteiger partial charge in [0.25, 0.3) is 11.6 Å². The standard InChI is InChI=1S/C27H29BrN4O9S2/c1-17(2)12-24(31-42(36,37)21-10-8-18(3)9-11-21)27(33)30-29-16-19-13-23(28)26(25(14-19)40-4)41-43(38,39)22-7-5-6-20(15-22)32(34)35/h5-11,13-17,24,31H,12H2,1-4H3,(H,30,33)/b29-16-/t24-/m1/s1. The summed E-state index contributed by atoms with van der Waals surface area (Å²) in [6.45, 7) is 5.51. The van der Waals surface area contributed by atoms with Crippen LogP contribution in [0.3, 0.4) is 0 Å². The quantitative estimate of drug-likeness (QED) is 0.114. The molecular formula is C27H29BrN4O9S2. The molecule has 0 radical (unpaired) electrons. The lowest BCUT2D eigenvalue weighted by Gasteiger charge is -2.19.